The largest absolute Gasteiger partial charge is 0.381 e. The second kappa shape index (κ2) is 5.81. The Morgan fingerprint density at radius 2 is 2.24 bits per heavy atom. The maximum absolute atomic E-state index is 3.71. The SMILES string of the molecule is CCc1cc(NC2CCCSC2C)ccc1C. The molecule has 1 N–H and O–H groups in total. The number of hydrogen-bond donors (Lipinski definition) is 1. The normalized spacial score (nSPS) is 24.6. The molecule has 2 unspecified atom stereocenters. The quantitative estimate of drug-likeness (QED) is 0.859. The van der Waals surface area contributed by atoms with Crippen LogP contribution in [-0.2, 0) is 6.42 Å². The number of nitrogens with one attached hydrogen (secondary N) is 1. The molecule has 1 heterocycles. The molecule has 1 aliphatic rings. The van der Waals surface area contributed by atoms with Gasteiger partial charge < -0.3 is 5.32 Å². The van der Waals surface area contributed by atoms with Gasteiger partial charge in [-0.2, -0.15) is 11.8 Å². The van der Waals surface area contributed by atoms with Crippen LogP contribution < -0.4 is 5.32 Å². The first-order chi connectivity index (χ1) is 8.20. The molecule has 2 heteroatoms. The summed E-state index contributed by atoms with van der Waals surface area (Å²) in [6, 6.07) is 7.42. The van der Waals surface area contributed by atoms with Crippen LogP contribution in [0.15, 0.2) is 18.2 Å². The van der Waals surface area contributed by atoms with Crippen molar-refractivity contribution < 1.29 is 0 Å². The van der Waals surface area contributed by atoms with E-state index in [4.69, 9.17) is 0 Å². The third-order valence-corrected chi connectivity index (χ3v) is 5.07. The summed E-state index contributed by atoms with van der Waals surface area (Å²) in [7, 11) is 0. The summed E-state index contributed by atoms with van der Waals surface area (Å²) < 4.78 is 0. The highest BCUT2D eigenvalue weighted by molar-refractivity contribution is 8.00. The lowest BCUT2D eigenvalue weighted by atomic mass is 10.0. The van der Waals surface area contributed by atoms with Crippen molar-refractivity contribution in [3.8, 4) is 0 Å². The Labute approximate surface area is 109 Å². The number of anilines is 1. The first-order valence-corrected chi connectivity index (χ1v) is 7.73. The lowest BCUT2D eigenvalue weighted by Gasteiger charge is -2.30. The summed E-state index contributed by atoms with van der Waals surface area (Å²) in [6.07, 6.45) is 3.78. The van der Waals surface area contributed by atoms with Gasteiger partial charge in [0.1, 0.15) is 0 Å². The van der Waals surface area contributed by atoms with E-state index in [0.717, 1.165) is 11.7 Å². The number of rotatable bonds is 3. The number of aryl methyl sites for hydroxylation is 2. The Balaban J connectivity index is 2.07. The van der Waals surface area contributed by atoms with Crippen molar-refractivity contribution in [2.45, 2.75) is 51.3 Å². The van der Waals surface area contributed by atoms with E-state index < -0.39 is 0 Å². The fourth-order valence-electron chi connectivity index (χ4n) is 2.47. The molecule has 0 aromatic heterocycles. The van der Waals surface area contributed by atoms with Crippen molar-refractivity contribution in [1.29, 1.82) is 0 Å². The Bertz CT molecular complexity index is 375. The smallest absolute Gasteiger partial charge is 0.0377 e. The van der Waals surface area contributed by atoms with Crippen molar-refractivity contribution >= 4 is 17.4 Å². The lowest BCUT2D eigenvalue weighted by molar-refractivity contribution is 0.617. The van der Waals surface area contributed by atoms with Gasteiger partial charge in [-0.1, -0.05) is 19.9 Å². The minimum Gasteiger partial charge on any atom is -0.381 e. The Kier molecular flexibility index (Phi) is 4.38. The molecular formula is C15H23NS. The second-order valence-electron chi connectivity index (χ2n) is 4.96. The van der Waals surface area contributed by atoms with Gasteiger partial charge >= 0.3 is 0 Å². The first kappa shape index (κ1) is 12.8. The Morgan fingerprint density at radius 1 is 1.41 bits per heavy atom. The van der Waals surface area contributed by atoms with Crippen LogP contribution in [0.4, 0.5) is 5.69 Å². The third-order valence-electron chi connectivity index (χ3n) is 3.69. The zero-order valence-corrected chi connectivity index (χ0v) is 11.9. The Hall–Kier alpha value is -0.630. The number of hydrogen-bond acceptors (Lipinski definition) is 2. The highest BCUT2D eigenvalue weighted by atomic mass is 32.2. The molecule has 1 nitrogen and oxygen atoms in total. The molecule has 0 aliphatic carbocycles. The topological polar surface area (TPSA) is 12.0 Å². The van der Waals surface area contributed by atoms with Crippen LogP contribution in [0.1, 0.15) is 37.8 Å². The van der Waals surface area contributed by atoms with E-state index in [0.29, 0.717) is 6.04 Å². The van der Waals surface area contributed by atoms with Gasteiger partial charge in [0.15, 0.2) is 0 Å². The van der Waals surface area contributed by atoms with E-state index in [2.05, 4.69) is 56.0 Å². The van der Waals surface area contributed by atoms with Gasteiger partial charge in [0, 0.05) is 17.0 Å². The zero-order chi connectivity index (χ0) is 12.3. The maximum Gasteiger partial charge on any atom is 0.0377 e. The fraction of sp³-hybridized carbons (Fsp3) is 0.600. The average Bonchev–Trinajstić information content (AvgIpc) is 2.34. The van der Waals surface area contributed by atoms with Crippen LogP contribution in [0, 0.1) is 6.92 Å². The van der Waals surface area contributed by atoms with Crippen molar-refractivity contribution in [1.82, 2.24) is 0 Å². The monoisotopic (exact) mass is 249 g/mol. The Morgan fingerprint density at radius 3 is 2.94 bits per heavy atom. The second-order valence-corrected chi connectivity index (χ2v) is 6.45. The van der Waals surface area contributed by atoms with E-state index >= 15 is 0 Å². The maximum atomic E-state index is 3.71. The standard InChI is InChI=1S/C15H23NS/c1-4-13-10-14(8-7-11(13)2)16-15-6-5-9-17-12(15)3/h7-8,10,12,15-16H,4-6,9H2,1-3H3. The molecule has 1 saturated heterocycles. The van der Waals surface area contributed by atoms with Crippen LogP contribution in [0.5, 0.6) is 0 Å². The van der Waals surface area contributed by atoms with Crippen LogP contribution in [0.3, 0.4) is 0 Å². The molecule has 0 bridgehead atoms. The van der Waals surface area contributed by atoms with Crippen LogP contribution in [0.2, 0.25) is 0 Å². The molecule has 94 valence electrons. The summed E-state index contributed by atoms with van der Waals surface area (Å²) in [5.74, 6) is 1.33. The molecule has 0 spiro atoms. The molecule has 2 rings (SSSR count). The summed E-state index contributed by atoms with van der Waals surface area (Å²) in [4.78, 5) is 0. The number of benzene rings is 1. The van der Waals surface area contributed by atoms with Gasteiger partial charge in [-0.3, -0.25) is 0 Å². The molecule has 0 amide bonds. The predicted molar refractivity (Wildman–Crippen MR) is 79.1 cm³/mol. The predicted octanol–water partition coefficient (Wildman–Crippen LogP) is 4.25. The van der Waals surface area contributed by atoms with E-state index in [1.165, 1.54) is 35.4 Å². The van der Waals surface area contributed by atoms with Crippen molar-refractivity contribution in [2.24, 2.45) is 0 Å². The summed E-state index contributed by atoms with van der Waals surface area (Å²) >= 11 is 2.10. The van der Waals surface area contributed by atoms with Gasteiger partial charge in [0.05, 0.1) is 0 Å². The zero-order valence-electron chi connectivity index (χ0n) is 11.1. The van der Waals surface area contributed by atoms with Crippen LogP contribution in [-0.4, -0.2) is 17.0 Å². The molecule has 0 radical (unpaired) electrons. The molecule has 1 aromatic carbocycles. The van der Waals surface area contributed by atoms with Gasteiger partial charge in [-0.25, -0.2) is 0 Å². The molecule has 1 aliphatic heterocycles. The van der Waals surface area contributed by atoms with Gasteiger partial charge in [-0.05, 0) is 55.2 Å². The van der Waals surface area contributed by atoms with Crippen molar-refractivity contribution in [2.75, 3.05) is 11.1 Å². The third kappa shape index (κ3) is 3.19. The van der Waals surface area contributed by atoms with Crippen molar-refractivity contribution in [3.05, 3.63) is 29.3 Å². The first-order valence-electron chi connectivity index (χ1n) is 6.68. The summed E-state index contributed by atoms with van der Waals surface area (Å²) in [5, 5.41) is 4.44. The van der Waals surface area contributed by atoms with E-state index in [1.54, 1.807) is 0 Å². The average molecular weight is 249 g/mol. The van der Waals surface area contributed by atoms with E-state index in [9.17, 15) is 0 Å². The molecule has 2 atom stereocenters. The van der Waals surface area contributed by atoms with E-state index in [1.807, 2.05) is 0 Å². The highest BCUT2D eigenvalue weighted by Gasteiger charge is 2.21. The lowest BCUT2D eigenvalue weighted by Crippen LogP contribution is -2.32. The molecular weight excluding hydrogens is 226 g/mol. The molecule has 0 saturated carbocycles. The van der Waals surface area contributed by atoms with Crippen LogP contribution >= 0.6 is 11.8 Å². The highest BCUT2D eigenvalue weighted by Crippen LogP contribution is 2.28. The number of thioether (sulfide) groups is 1. The fourth-order valence-corrected chi connectivity index (χ4v) is 3.61. The van der Waals surface area contributed by atoms with Crippen LogP contribution in [0.25, 0.3) is 0 Å². The molecule has 1 aromatic rings. The van der Waals surface area contributed by atoms with Gasteiger partial charge in [0.25, 0.3) is 0 Å². The van der Waals surface area contributed by atoms with Gasteiger partial charge in [0.2, 0.25) is 0 Å². The summed E-state index contributed by atoms with van der Waals surface area (Å²) in [5.41, 5.74) is 4.17. The molecule has 1 fully saturated rings. The van der Waals surface area contributed by atoms with Gasteiger partial charge in [-0.15, -0.1) is 0 Å². The molecule has 17 heavy (non-hydrogen) atoms. The van der Waals surface area contributed by atoms with E-state index in [-0.39, 0.29) is 0 Å². The minimum absolute atomic E-state index is 0.640. The van der Waals surface area contributed by atoms with Crippen molar-refractivity contribution in [3.63, 3.8) is 0 Å². The minimum atomic E-state index is 0.640. The summed E-state index contributed by atoms with van der Waals surface area (Å²) in [6.45, 7) is 6.77.